The molecule has 1 fully saturated rings. The standard InChI is InChI=1S/C19H22BrN3O5S/c1-2-25-17(24)10-15-12-29-19(22-15)23-21-11-13-9-14(20)3-4-16(13)26-6-5-18-27-7-8-28-18/h3-4,9,11-12,18H,2,5-8,10H2,1H3,(H,22,23). The predicted molar refractivity (Wildman–Crippen MR) is 114 cm³/mol. The summed E-state index contributed by atoms with van der Waals surface area (Å²) in [6.07, 6.45) is 2.27. The van der Waals surface area contributed by atoms with E-state index in [9.17, 15) is 4.79 Å². The molecule has 8 nitrogen and oxygen atoms in total. The number of carbonyl (C=O) groups is 1. The first-order chi connectivity index (χ1) is 14.1. The van der Waals surface area contributed by atoms with E-state index in [2.05, 4.69) is 31.4 Å². The summed E-state index contributed by atoms with van der Waals surface area (Å²) in [6, 6.07) is 5.70. The van der Waals surface area contributed by atoms with Crippen LogP contribution < -0.4 is 10.2 Å². The summed E-state index contributed by atoms with van der Waals surface area (Å²) >= 11 is 4.83. The molecule has 0 unspecified atom stereocenters. The zero-order chi connectivity index (χ0) is 20.5. The van der Waals surface area contributed by atoms with E-state index in [1.54, 1.807) is 18.5 Å². The fourth-order valence-corrected chi connectivity index (χ4v) is 3.58. The van der Waals surface area contributed by atoms with Crippen molar-refractivity contribution in [2.75, 3.05) is 31.9 Å². The number of hydrogen-bond acceptors (Lipinski definition) is 9. The summed E-state index contributed by atoms with van der Waals surface area (Å²) in [7, 11) is 0. The van der Waals surface area contributed by atoms with Crippen LogP contribution in [0.5, 0.6) is 5.75 Å². The first-order valence-electron chi connectivity index (χ1n) is 9.18. The molecule has 0 bridgehead atoms. The molecule has 1 aromatic carbocycles. The van der Waals surface area contributed by atoms with Crippen LogP contribution >= 0.6 is 27.3 Å². The number of benzene rings is 1. The lowest BCUT2D eigenvalue weighted by Gasteiger charge is -2.12. The third kappa shape index (κ3) is 7.07. The summed E-state index contributed by atoms with van der Waals surface area (Å²) in [4.78, 5) is 15.8. The zero-order valence-corrected chi connectivity index (χ0v) is 18.3. The molecule has 0 amide bonds. The van der Waals surface area contributed by atoms with Gasteiger partial charge in [0.1, 0.15) is 5.75 Å². The summed E-state index contributed by atoms with van der Waals surface area (Å²) in [6.45, 7) is 3.87. The topological polar surface area (TPSA) is 91.3 Å². The number of aromatic nitrogens is 1. The van der Waals surface area contributed by atoms with E-state index in [0.29, 0.717) is 49.4 Å². The molecule has 10 heteroatoms. The van der Waals surface area contributed by atoms with Crippen molar-refractivity contribution >= 4 is 44.6 Å². The molecule has 0 radical (unpaired) electrons. The molecule has 1 N–H and O–H groups in total. The van der Waals surface area contributed by atoms with Gasteiger partial charge in [-0.3, -0.25) is 10.2 Å². The van der Waals surface area contributed by atoms with Crippen LogP contribution in [0.3, 0.4) is 0 Å². The molecule has 156 valence electrons. The minimum atomic E-state index is -0.294. The molecule has 3 rings (SSSR count). The number of hydrogen-bond donors (Lipinski definition) is 1. The van der Waals surface area contributed by atoms with Gasteiger partial charge >= 0.3 is 5.97 Å². The minimum absolute atomic E-state index is 0.147. The average molecular weight is 484 g/mol. The lowest BCUT2D eigenvalue weighted by Crippen LogP contribution is -2.13. The second-order valence-electron chi connectivity index (χ2n) is 5.99. The molecule has 1 aliphatic heterocycles. The number of hydrazone groups is 1. The van der Waals surface area contributed by atoms with Gasteiger partial charge in [-0.1, -0.05) is 15.9 Å². The summed E-state index contributed by atoms with van der Waals surface area (Å²) < 4.78 is 22.5. The molecule has 2 aromatic rings. The highest BCUT2D eigenvalue weighted by molar-refractivity contribution is 9.10. The van der Waals surface area contributed by atoms with Gasteiger partial charge in [-0.05, 0) is 25.1 Å². The number of halogens is 1. The Labute approximate surface area is 181 Å². The Morgan fingerprint density at radius 2 is 2.28 bits per heavy atom. The third-order valence-corrected chi connectivity index (χ3v) is 5.11. The van der Waals surface area contributed by atoms with Crippen molar-refractivity contribution in [1.82, 2.24) is 4.98 Å². The van der Waals surface area contributed by atoms with Gasteiger partial charge < -0.3 is 18.9 Å². The summed E-state index contributed by atoms with van der Waals surface area (Å²) in [5.74, 6) is 0.413. The second kappa shape index (κ2) is 11.2. The maximum absolute atomic E-state index is 11.5. The van der Waals surface area contributed by atoms with Crippen LogP contribution in [0, 0.1) is 0 Å². The van der Waals surface area contributed by atoms with E-state index in [1.807, 2.05) is 18.2 Å². The SMILES string of the molecule is CCOC(=O)Cc1csc(NN=Cc2cc(Br)ccc2OCCC2OCCO2)n1. The van der Waals surface area contributed by atoms with Crippen molar-refractivity contribution in [3.63, 3.8) is 0 Å². The fraction of sp³-hybridized carbons (Fsp3) is 0.421. The Bertz CT molecular complexity index is 839. The number of carbonyl (C=O) groups excluding carboxylic acids is 1. The smallest absolute Gasteiger partial charge is 0.311 e. The fourth-order valence-electron chi connectivity index (χ4n) is 2.55. The zero-order valence-electron chi connectivity index (χ0n) is 15.9. The quantitative estimate of drug-likeness (QED) is 0.313. The molecule has 1 saturated heterocycles. The van der Waals surface area contributed by atoms with E-state index in [4.69, 9.17) is 18.9 Å². The van der Waals surface area contributed by atoms with Gasteiger partial charge in [0.15, 0.2) is 6.29 Å². The molecular formula is C19H22BrN3O5S. The molecule has 0 saturated carbocycles. The number of nitrogens with zero attached hydrogens (tertiary/aromatic N) is 2. The molecule has 29 heavy (non-hydrogen) atoms. The lowest BCUT2D eigenvalue weighted by atomic mass is 10.2. The Morgan fingerprint density at radius 3 is 3.07 bits per heavy atom. The van der Waals surface area contributed by atoms with Crippen molar-refractivity contribution in [1.29, 1.82) is 0 Å². The van der Waals surface area contributed by atoms with Gasteiger partial charge in [0.2, 0.25) is 5.13 Å². The molecule has 0 aliphatic carbocycles. The van der Waals surface area contributed by atoms with Gasteiger partial charge in [-0.25, -0.2) is 4.98 Å². The average Bonchev–Trinajstić information content (AvgIpc) is 3.36. The maximum Gasteiger partial charge on any atom is 0.311 e. The Balaban J connectivity index is 1.54. The van der Waals surface area contributed by atoms with Crippen molar-refractivity contribution < 1.29 is 23.7 Å². The van der Waals surface area contributed by atoms with Gasteiger partial charge in [0.25, 0.3) is 0 Å². The highest BCUT2D eigenvalue weighted by Crippen LogP contribution is 2.23. The molecule has 1 aliphatic rings. The van der Waals surface area contributed by atoms with E-state index in [0.717, 1.165) is 10.0 Å². The van der Waals surface area contributed by atoms with E-state index in [1.165, 1.54) is 11.3 Å². The number of thiazole rings is 1. The lowest BCUT2D eigenvalue weighted by molar-refractivity contribution is -0.142. The number of esters is 1. The third-order valence-electron chi connectivity index (χ3n) is 3.82. The number of anilines is 1. The Kier molecular flexibility index (Phi) is 8.41. The minimum Gasteiger partial charge on any atom is -0.493 e. The molecular weight excluding hydrogens is 462 g/mol. The van der Waals surface area contributed by atoms with E-state index >= 15 is 0 Å². The van der Waals surface area contributed by atoms with Gasteiger partial charge in [0.05, 0.1) is 44.8 Å². The highest BCUT2D eigenvalue weighted by Gasteiger charge is 2.16. The van der Waals surface area contributed by atoms with Crippen molar-refractivity contribution in [2.24, 2.45) is 5.10 Å². The molecule has 2 heterocycles. The van der Waals surface area contributed by atoms with Crippen LogP contribution in [-0.4, -0.2) is 49.9 Å². The van der Waals surface area contributed by atoms with Crippen molar-refractivity contribution in [2.45, 2.75) is 26.1 Å². The summed E-state index contributed by atoms with van der Waals surface area (Å²) in [5, 5.41) is 6.63. The summed E-state index contributed by atoms with van der Waals surface area (Å²) in [5.41, 5.74) is 4.34. The van der Waals surface area contributed by atoms with Gasteiger partial charge in [0, 0.05) is 21.8 Å². The highest BCUT2D eigenvalue weighted by atomic mass is 79.9. The van der Waals surface area contributed by atoms with Crippen LogP contribution in [0.4, 0.5) is 5.13 Å². The predicted octanol–water partition coefficient (Wildman–Crippen LogP) is 3.60. The molecule has 0 atom stereocenters. The van der Waals surface area contributed by atoms with Crippen LogP contribution in [0.2, 0.25) is 0 Å². The van der Waals surface area contributed by atoms with Crippen LogP contribution in [0.1, 0.15) is 24.6 Å². The maximum atomic E-state index is 11.5. The van der Waals surface area contributed by atoms with E-state index in [-0.39, 0.29) is 18.7 Å². The van der Waals surface area contributed by atoms with Gasteiger partial charge in [-0.15, -0.1) is 11.3 Å². The van der Waals surface area contributed by atoms with Crippen molar-refractivity contribution in [3.8, 4) is 5.75 Å². The molecule has 0 spiro atoms. The Morgan fingerprint density at radius 1 is 1.45 bits per heavy atom. The number of nitrogens with one attached hydrogen (secondary N) is 1. The largest absolute Gasteiger partial charge is 0.493 e. The van der Waals surface area contributed by atoms with Crippen LogP contribution in [0.25, 0.3) is 0 Å². The Hall–Kier alpha value is -2.01. The van der Waals surface area contributed by atoms with Crippen LogP contribution in [0.15, 0.2) is 33.2 Å². The first kappa shape index (κ1) is 21.7. The number of ether oxygens (including phenoxy) is 4. The monoisotopic (exact) mass is 483 g/mol. The second-order valence-corrected chi connectivity index (χ2v) is 7.76. The molecule has 1 aromatic heterocycles. The normalized spacial score (nSPS) is 14.4. The first-order valence-corrected chi connectivity index (χ1v) is 10.9. The number of rotatable bonds is 10. The van der Waals surface area contributed by atoms with E-state index < -0.39 is 0 Å². The van der Waals surface area contributed by atoms with Crippen molar-refractivity contribution in [3.05, 3.63) is 39.3 Å². The van der Waals surface area contributed by atoms with Gasteiger partial charge in [-0.2, -0.15) is 5.10 Å². The van der Waals surface area contributed by atoms with Crippen LogP contribution in [-0.2, 0) is 25.4 Å².